The summed E-state index contributed by atoms with van der Waals surface area (Å²) in [5.41, 5.74) is -2.63. The lowest BCUT2D eigenvalue weighted by Crippen LogP contribution is -2.39. The normalized spacial score (nSPS) is 13.8. The standard InChI is InChI=1S/C24H19ClF6N4O5/c1-11(12-3-6-14(25)7-4-12)39-15-8-5-13(9-16(15)40-24(29,30)31)19-32-20-18(34(19)2)21(37)33-22(38)35(20)10-17(36)23(26,27)28/h3-9,11,17,36H,10H2,1-2H3,(H,33,37,38)/t11-,17-/m0/s1. The van der Waals surface area contributed by atoms with Crippen molar-refractivity contribution in [1.82, 2.24) is 19.1 Å². The predicted octanol–water partition coefficient (Wildman–Crippen LogP) is 4.71. The summed E-state index contributed by atoms with van der Waals surface area (Å²) in [7, 11) is 1.27. The molecule has 0 spiro atoms. The number of aliphatic hydroxyl groups excluding tert-OH is 1. The Hall–Kier alpha value is -3.98. The van der Waals surface area contributed by atoms with Gasteiger partial charge in [-0.05, 0) is 42.8 Å². The Bertz CT molecular complexity index is 1660. The summed E-state index contributed by atoms with van der Waals surface area (Å²) in [6.07, 6.45) is -13.9. The number of benzene rings is 2. The smallest absolute Gasteiger partial charge is 0.482 e. The van der Waals surface area contributed by atoms with Crippen LogP contribution in [-0.4, -0.2) is 42.9 Å². The summed E-state index contributed by atoms with van der Waals surface area (Å²) in [5, 5.41) is 9.92. The number of halogens is 7. The van der Waals surface area contributed by atoms with Crippen molar-refractivity contribution in [2.75, 3.05) is 0 Å². The number of aromatic amines is 1. The number of aliphatic hydroxyl groups is 1. The van der Waals surface area contributed by atoms with Crippen LogP contribution >= 0.6 is 11.6 Å². The molecule has 4 aromatic rings. The van der Waals surface area contributed by atoms with Crippen molar-refractivity contribution in [3.8, 4) is 22.9 Å². The fourth-order valence-electron chi connectivity index (χ4n) is 3.89. The van der Waals surface area contributed by atoms with E-state index in [-0.39, 0.29) is 22.7 Å². The average Bonchev–Trinajstić information content (AvgIpc) is 3.19. The molecule has 4 rings (SSSR count). The average molecular weight is 593 g/mol. The van der Waals surface area contributed by atoms with Crippen molar-refractivity contribution in [2.24, 2.45) is 7.05 Å². The molecule has 0 saturated heterocycles. The van der Waals surface area contributed by atoms with Gasteiger partial charge in [0.25, 0.3) is 5.56 Å². The number of rotatable bonds is 7. The molecule has 0 aliphatic carbocycles. The second-order valence-electron chi connectivity index (χ2n) is 8.61. The number of fused-ring (bicyclic) bond motifs is 1. The zero-order valence-corrected chi connectivity index (χ0v) is 21.2. The Morgan fingerprint density at radius 2 is 1.70 bits per heavy atom. The Kier molecular flexibility index (Phi) is 7.64. The van der Waals surface area contributed by atoms with Crippen LogP contribution in [0.3, 0.4) is 0 Å². The Morgan fingerprint density at radius 3 is 2.30 bits per heavy atom. The number of ether oxygens (including phenoxy) is 2. The molecule has 9 nitrogen and oxygen atoms in total. The molecule has 0 saturated carbocycles. The van der Waals surface area contributed by atoms with E-state index < -0.39 is 53.9 Å². The molecule has 0 amide bonds. The number of nitrogens with one attached hydrogen (secondary N) is 1. The van der Waals surface area contributed by atoms with Crippen LogP contribution in [0.15, 0.2) is 52.1 Å². The van der Waals surface area contributed by atoms with Crippen molar-refractivity contribution in [1.29, 1.82) is 0 Å². The first kappa shape index (κ1) is 29.0. The van der Waals surface area contributed by atoms with Gasteiger partial charge in [0.15, 0.2) is 28.8 Å². The maximum atomic E-state index is 13.3. The third-order valence-corrected chi connectivity index (χ3v) is 6.07. The van der Waals surface area contributed by atoms with Gasteiger partial charge in [-0.25, -0.2) is 9.78 Å². The van der Waals surface area contributed by atoms with Crippen LogP contribution in [0.4, 0.5) is 26.3 Å². The molecule has 2 heterocycles. The first-order chi connectivity index (χ1) is 18.5. The maximum absolute atomic E-state index is 13.3. The molecular weight excluding hydrogens is 574 g/mol. The first-order valence-corrected chi connectivity index (χ1v) is 11.7. The molecule has 16 heteroatoms. The van der Waals surface area contributed by atoms with Gasteiger partial charge < -0.3 is 19.1 Å². The maximum Gasteiger partial charge on any atom is 0.573 e. The van der Waals surface area contributed by atoms with Crippen molar-refractivity contribution in [3.05, 3.63) is 73.9 Å². The van der Waals surface area contributed by atoms with Crippen LogP contribution in [0.1, 0.15) is 18.6 Å². The fraction of sp³-hybridized carbons (Fsp3) is 0.292. The summed E-state index contributed by atoms with van der Waals surface area (Å²) in [6, 6.07) is 9.76. The highest BCUT2D eigenvalue weighted by Crippen LogP contribution is 2.38. The van der Waals surface area contributed by atoms with E-state index in [1.54, 1.807) is 31.2 Å². The van der Waals surface area contributed by atoms with Gasteiger partial charge in [-0.3, -0.25) is 14.3 Å². The first-order valence-electron chi connectivity index (χ1n) is 11.3. The van der Waals surface area contributed by atoms with Crippen LogP contribution in [-0.2, 0) is 13.6 Å². The van der Waals surface area contributed by atoms with Crippen molar-refractivity contribution >= 4 is 22.8 Å². The van der Waals surface area contributed by atoms with Crippen molar-refractivity contribution < 1.29 is 40.9 Å². The molecule has 0 unspecified atom stereocenters. The zero-order chi connectivity index (χ0) is 29.6. The summed E-state index contributed by atoms with van der Waals surface area (Å²) in [5.74, 6) is -1.26. The minimum absolute atomic E-state index is 0.0563. The topological polar surface area (TPSA) is 111 Å². The van der Waals surface area contributed by atoms with E-state index in [1.807, 2.05) is 4.98 Å². The van der Waals surface area contributed by atoms with Gasteiger partial charge in [0.2, 0.25) is 0 Å². The Balaban J connectivity index is 1.81. The van der Waals surface area contributed by atoms with Gasteiger partial charge in [0.1, 0.15) is 11.9 Å². The SMILES string of the molecule is C[C@H](Oc1ccc(-c2nc3c(c(=O)[nH]c(=O)n3C[C@H](O)C(F)(F)F)n2C)cc1OC(F)(F)F)c1ccc(Cl)cc1. The minimum Gasteiger partial charge on any atom is -0.482 e. The molecule has 2 aromatic carbocycles. The highest BCUT2D eigenvalue weighted by Gasteiger charge is 2.39. The lowest BCUT2D eigenvalue weighted by molar-refractivity contribution is -0.275. The summed E-state index contributed by atoms with van der Waals surface area (Å²) in [4.78, 5) is 30.7. The molecular formula is C24H19ClF6N4O5. The van der Waals surface area contributed by atoms with Gasteiger partial charge in [-0.2, -0.15) is 13.2 Å². The third-order valence-electron chi connectivity index (χ3n) is 5.82. The number of nitrogens with zero attached hydrogens (tertiary/aromatic N) is 3. The monoisotopic (exact) mass is 592 g/mol. The third kappa shape index (κ3) is 6.09. The molecule has 2 N–H and O–H groups in total. The van der Waals surface area contributed by atoms with E-state index in [0.717, 1.165) is 16.7 Å². The van der Waals surface area contributed by atoms with Crippen molar-refractivity contribution in [3.63, 3.8) is 0 Å². The Morgan fingerprint density at radius 1 is 1.05 bits per heavy atom. The molecule has 2 aromatic heterocycles. The van der Waals surface area contributed by atoms with E-state index >= 15 is 0 Å². The second kappa shape index (κ2) is 10.5. The van der Waals surface area contributed by atoms with Gasteiger partial charge >= 0.3 is 18.2 Å². The largest absolute Gasteiger partial charge is 0.573 e. The summed E-state index contributed by atoms with van der Waals surface area (Å²) < 4.78 is 90.0. The number of hydrogen-bond donors (Lipinski definition) is 2. The Labute approximate surface area is 225 Å². The van der Waals surface area contributed by atoms with Gasteiger partial charge in [-0.15, -0.1) is 13.2 Å². The molecule has 0 fully saturated rings. The van der Waals surface area contributed by atoms with E-state index in [1.165, 1.54) is 13.1 Å². The van der Waals surface area contributed by atoms with Crippen LogP contribution in [0.2, 0.25) is 5.02 Å². The number of aromatic nitrogens is 4. The van der Waals surface area contributed by atoms with Gasteiger partial charge in [0.05, 0.1) is 6.54 Å². The van der Waals surface area contributed by atoms with E-state index in [2.05, 4.69) is 9.72 Å². The quantitative estimate of drug-likeness (QED) is 0.301. The number of aryl methyl sites for hydroxylation is 1. The molecule has 2 atom stereocenters. The van der Waals surface area contributed by atoms with Gasteiger partial charge in [0, 0.05) is 17.6 Å². The van der Waals surface area contributed by atoms with Crippen LogP contribution in [0, 0.1) is 0 Å². The molecule has 214 valence electrons. The van der Waals surface area contributed by atoms with Crippen molar-refractivity contribution in [2.45, 2.75) is 38.2 Å². The van der Waals surface area contributed by atoms with Crippen LogP contribution in [0.25, 0.3) is 22.6 Å². The molecule has 0 radical (unpaired) electrons. The molecule has 0 aliphatic rings. The van der Waals surface area contributed by atoms with Crippen LogP contribution < -0.4 is 20.7 Å². The minimum atomic E-state index is -5.13. The molecule has 40 heavy (non-hydrogen) atoms. The predicted molar refractivity (Wildman–Crippen MR) is 130 cm³/mol. The lowest BCUT2D eigenvalue weighted by Gasteiger charge is -2.19. The summed E-state index contributed by atoms with van der Waals surface area (Å²) >= 11 is 5.87. The number of H-pyrrole nitrogens is 1. The van der Waals surface area contributed by atoms with E-state index in [9.17, 15) is 41.0 Å². The lowest BCUT2D eigenvalue weighted by atomic mass is 10.1. The van der Waals surface area contributed by atoms with E-state index in [4.69, 9.17) is 16.3 Å². The summed E-state index contributed by atoms with van der Waals surface area (Å²) in [6.45, 7) is 0.296. The highest BCUT2D eigenvalue weighted by atomic mass is 35.5. The van der Waals surface area contributed by atoms with Gasteiger partial charge in [-0.1, -0.05) is 23.7 Å². The number of hydrogen-bond acceptors (Lipinski definition) is 6. The highest BCUT2D eigenvalue weighted by molar-refractivity contribution is 6.30. The van der Waals surface area contributed by atoms with Crippen LogP contribution in [0.5, 0.6) is 11.5 Å². The second-order valence-corrected chi connectivity index (χ2v) is 9.05. The zero-order valence-electron chi connectivity index (χ0n) is 20.5. The fourth-order valence-corrected chi connectivity index (χ4v) is 4.02. The molecule has 0 aliphatic heterocycles. The molecule has 0 bridgehead atoms. The number of alkyl halides is 6. The van der Waals surface area contributed by atoms with E-state index in [0.29, 0.717) is 15.2 Å². The number of imidazole rings is 1.